The third kappa shape index (κ3) is 13.1. The molecule has 0 saturated heterocycles. The fourth-order valence-electron chi connectivity index (χ4n) is 4.60. The van der Waals surface area contributed by atoms with Crippen LogP contribution in [0.5, 0.6) is 0 Å². The Morgan fingerprint density at radius 2 is 1.00 bits per heavy atom. The van der Waals surface area contributed by atoms with Gasteiger partial charge >= 0.3 is 0 Å². The van der Waals surface area contributed by atoms with Crippen molar-refractivity contribution in [3.05, 3.63) is 65.7 Å². The van der Waals surface area contributed by atoms with Crippen LogP contribution in [0.3, 0.4) is 0 Å². The van der Waals surface area contributed by atoms with E-state index in [0.717, 1.165) is 30.4 Å². The SMILES string of the molecule is CCCCCCCCCCCCCCCCCCS(=O)(=O)c1ccccc1/C=C/c1ccccc1. The molecule has 0 unspecified atom stereocenters. The van der Waals surface area contributed by atoms with Crippen LogP contribution in [0, 0.1) is 0 Å². The molecule has 0 spiro atoms. The molecular weight excluding hydrogens is 448 g/mol. The molecule has 3 heteroatoms. The molecule has 35 heavy (non-hydrogen) atoms. The summed E-state index contributed by atoms with van der Waals surface area (Å²) in [5.74, 6) is 0.238. The average Bonchev–Trinajstić information content (AvgIpc) is 2.88. The molecule has 2 aromatic rings. The van der Waals surface area contributed by atoms with Gasteiger partial charge in [-0.05, 0) is 23.6 Å². The van der Waals surface area contributed by atoms with Crippen molar-refractivity contribution in [2.75, 3.05) is 5.75 Å². The maximum Gasteiger partial charge on any atom is 0.178 e. The van der Waals surface area contributed by atoms with Gasteiger partial charge in [0.25, 0.3) is 0 Å². The summed E-state index contributed by atoms with van der Waals surface area (Å²) in [5.41, 5.74) is 1.84. The molecule has 0 atom stereocenters. The van der Waals surface area contributed by atoms with Crippen LogP contribution in [0.4, 0.5) is 0 Å². The highest BCUT2D eigenvalue weighted by atomic mass is 32.2. The van der Waals surface area contributed by atoms with Crippen LogP contribution in [-0.2, 0) is 9.84 Å². The molecule has 0 aromatic heterocycles. The Morgan fingerprint density at radius 1 is 0.543 bits per heavy atom. The predicted molar refractivity (Wildman–Crippen MR) is 153 cm³/mol. The first kappa shape index (κ1) is 29.4. The average molecular weight is 497 g/mol. The minimum absolute atomic E-state index is 0.238. The summed E-state index contributed by atoms with van der Waals surface area (Å²) in [6, 6.07) is 17.3. The van der Waals surface area contributed by atoms with Crippen LogP contribution in [0.2, 0.25) is 0 Å². The molecule has 2 nitrogen and oxygen atoms in total. The summed E-state index contributed by atoms with van der Waals surface area (Å²) in [7, 11) is -3.27. The van der Waals surface area contributed by atoms with E-state index in [4.69, 9.17) is 0 Å². The van der Waals surface area contributed by atoms with Crippen molar-refractivity contribution in [3.8, 4) is 0 Å². The molecule has 0 saturated carbocycles. The van der Waals surface area contributed by atoms with E-state index in [0.29, 0.717) is 4.90 Å². The summed E-state index contributed by atoms with van der Waals surface area (Å²) < 4.78 is 26.0. The van der Waals surface area contributed by atoms with Crippen molar-refractivity contribution in [2.45, 2.75) is 115 Å². The lowest BCUT2D eigenvalue weighted by Crippen LogP contribution is -2.08. The molecule has 2 aromatic carbocycles. The Hall–Kier alpha value is -1.87. The molecule has 2 rings (SSSR count). The smallest absolute Gasteiger partial charge is 0.178 e. The molecule has 0 amide bonds. The lowest BCUT2D eigenvalue weighted by atomic mass is 10.0. The molecule has 0 aliphatic rings. The molecular formula is C32H48O2S. The molecule has 194 valence electrons. The molecule has 0 aliphatic carbocycles. The number of unbranched alkanes of at least 4 members (excludes halogenated alkanes) is 15. The zero-order valence-electron chi connectivity index (χ0n) is 22.1. The topological polar surface area (TPSA) is 34.1 Å². The van der Waals surface area contributed by atoms with Crippen molar-refractivity contribution in [1.29, 1.82) is 0 Å². The van der Waals surface area contributed by atoms with E-state index in [2.05, 4.69) is 6.92 Å². The van der Waals surface area contributed by atoms with Gasteiger partial charge in [0.1, 0.15) is 0 Å². The standard InChI is InChI=1S/C32H48O2S/c1-2-3-4-5-6-7-8-9-10-11-12-13-14-15-16-22-29-35(33,34)32-26-21-20-25-31(32)28-27-30-23-18-17-19-24-30/h17-21,23-28H,2-16,22,29H2,1H3/b28-27+. The number of rotatable bonds is 20. The third-order valence-corrected chi connectivity index (χ3v) is 8.64. The van der Waals surface area contributed by atoms with Gasteiger partial charge in [-0.2, -0.15) is 0 Å². The zero-order valence-corrected chi connectivity index (χ0v) is 22.9. The Morgan fingerprint density at radius 3 is 1.54 bits per heavy atom. The molecule has 0 fully saturated rings. The number of sulfone groups is 1. The lowest BCUT2D eigenvalue weighted by Gasteiger charge is -2.08. The van der Waals surface area contributed by atoms with E-state index < -0.39 is 9.84 Å². The Balaban J connectivity index is 1.56. The summed E-state index contributed by atoms with van der Waals surface area (Å²) in [4.78, 5) is 0.452. The molecule has 0 N–H and O–H groups in total. The second kappa shape index (κ2) is 18.4. The van der Waals surface area contributed by atoms with E-state index in [-0.39, 0.29) is 5.75 Å². The predicted octanol–water partition coefficient (Wildman–Crippen LogP) is 9.89. The second-order valence-corrected chi connectivity index (χ2v) is 12.0. The van der Waals surface area contributed by atoms with Gasteiger partial charge in [-0.1, -0.05) is 164 Å². The minimum atomic E-state index is -3.27. The summed E-state index contributed by atoms with van der Waals surface area (Å²) >= 11 is 0. The van der Waals surface area contributed by atoms with Crippen LogP contribution in [0.1, 0.15) is 121 Å². The highest BCUT2D eigenvalue weighted by Gasteiger charge is 2.16. The van der Waals surface area contributed by atoms with Gasteiger partial charge in [0.15, 0.2) is 9.84 Å². The van der Waals surface area contributed by atoms with E-state index >= 15 is 0 Å². The number of hydrogen-bond acceptors (Lipinski definition) is 2. The van der Waals surface area contributed by atoms with Crippen molar-refractivity contribution in [1.82, 2.24) is 0 Å². The Kier molecular flexibility index (Phi) is 15.4. The first-order valence-corrected chi connectivity index (χ1v) is 15.8. The van der Waals surface area contributed by atoms with Crippen molar-refractivity contribution < 1.29 is 8.42 Å². The van der Waals surface area contributed by atoms with Gasteiger partial charge in [-0.15, -0.1) is 0 Å². The van der Waals surface area contributed by atoms with Gasteiger partial charge in [-0.3, -0.25) is 0 Å². The first-order valence-electron chi connectivity index (χ1n) is 14.2. The van der Waals surface area contributed by atoms with Gasteiger partial charge in [0.2, 0.25) is 0 Å². The van der Waals surface area contributed by atoms with Crippen LogP contribution in [0.25, 0.3) is 12.2 Å². The monoisotopic (exact) mass is 496 g/mol. The molecule has 0 heterocycles. The van der Waals surface area contributed by atoms with E-state index in [1.165, 1.54) is 83.5 Å². The van der Waals surface area contributed by atoms with Crippen LogP contribution < -0.4 is 0 Å². The van der Waals surface area contributed by atoms with Crippen LogP contribution in [-0.4, -0.2) is 14.2 Å². The largest absolute Gasteiger partial charge is 0.224 e. The number of hydrogen-bond donors (Lipinski definition) is 0. The van der Waals surface area contributed by atoms with Crippen LogP contribution in [0.15, 0.2) is 59.5 Å². The van der Waals surface area contributed by atoms with Gasteiger partial charge < -0.3 is 0 Å². The fraction of sp³-hybridized carbons (Fsp3) is 0.562. The fourth-order valence-corrected chi connectivity index (χ4v) is 6.19. The van der Waals surface area contributed by atoms with Crippen molar-refractivity contribution in [2.24, 2.45) is 0 Å². The zero-order chi connectivity index (χ0) is 25.0. The van der Waals surface area contributed by atoms with Crippen LogP contribution >= 0.6 is 0 Å². The normalized spacial score (nSPS) is 11.9. The first-order chi connectivity index (χ1) is 17.1. The van der Waals surface area contributed by atoms with Gasteiger partial charge in [0, 0.05) is 0 Å². The molecule has 0 bridgehead atoms. The summed E-state index contributed by atoms with van der Waals surface area (Å²) in [5, 5.41) is 0. The van der Waals surface area contributed by atoms with Crippen molar-refractivity contribution >= 4 is 22.0 Å². The van der Waals surface area contributed by atoms with E-state index in [1.807, 2.05) is 60.7 Å². The highest BCUT2D eigenvalue weighted by Crippen LogP contribution is 2.21. The van der Waals surface area contributed by atoms with E-state index in [9.17, 15) is 8.42 Å². The van der Waals surface area contributed by atoms with Crippen molar-refractivity contribution in [3.63, 3.8) is 0 Å². The summed E-state index contributed by atoms with van der Waals surface area (Å²) in [6.07, 6.45) is 24.6. The quantitative estimate of drug-likeness (QED) is 0.135. The second-order valence-electron chi connectivity index (χ2n) is 9.90. The lowest BCUT2D eigenvalue weighted by molar-refractivity contribution is 0.531. The third-order valence-electron chi connectivity index (χ3n) is 6.78. The van der Waals surface area contributed by atoms with E-state index in [1.54, 1.807) is 6.07 Å². The van der Waals surface area contributed by atoms with Gasteiger partial charge in [-0.25, -0.2) is 8.42 Å². The Bertz CT molecular complexity index is 916. The summed E-state index contributed by atoms with van der Waals surface area (Å²) in [6.45, 7) is 2.28. The highest BCUT2D eigenvalue weighted by molar-refractivity contribution is 7.91. The van der Waals surface area contributed by atoms with Gasteiger partial charge in [0.05, 0.1) is 10.6 Å². The molecule has 0 radical (unpaired) electrons. The minimum Gasteiger partial charge on any atom is -0.224 e. The Labute approximate surface area is 216 Å². The number of benzene rings is 2. The maximum atomic E-state index is 13.0. The molecule has 0 aliphatic heterocycles. The maximum absolute atomic E-state index is 13.0.